The molecule has 0 radical (unpaired) electrons. The largest absolute Gasteiger partial charge is 0.351 e. The number of hydrogen-bond donors (Lipinski definition) is 1. The summed E-state index contributed by atoms with van der Waals surface area (Å²) in [7, 11) is 0. The van der Waals surface area contributed by atoms with Gasteiger partial charge in [0.05, 0.1) is 6.54 Å². The highest BCUT2D eigenvalue weighted by Gasteiger charge is 2.26. The molecule has 0 spiro atoms. The Morgan fingerprint density at radius 2 is 1.62 bits per heavy atom. The summed E-state index contributed by atoms with van der Waals surface area (Å²) in [6.45, 7) is 13.4. The molecule has 2 aromatic rings. The van der Waals surface area contributed by atoms with Crippen molar-refractivity contribution in [1.82, 2.24) is 19.7 Å². The van der Waals surface area contributed by atoms with Crippen LogP contribution in [-0.4, -0.2) is 77.3 Å². The number of nitrogens with zero attached hydrogens (tertiary/aromatic N) is 3. The molecule has 6 nitrogen and oxygen atoms in total. The van der Waals surface area contributed by atoms with Crippen molar-refractivity contribution in [3.63, 3.8) is 0 Å². The van der Waals surface area contributed by atoms with Gasteiger partial charge in [-0.2, -0.15) is 0 Å². The second-order valence-electron chi connectivity index (χ2n) is 8.93. The van der Waals surface area contributed by atoms with Crippen LogP contribution in [-0.2, 0) is 4.79 Å². The van der Waals surface area contributed by atoms with Crippen molar-refractivity contribution in [1.29, 1.82) is 0 Å². The van der Waals surface area contributed by atoms with Crippen molar-refractivity contribution < 1.29 is 9.59 Å². The third kappa shape index (κ3) is 5.60. The van der Waals surface area contributed by atoms with Crippen LogP contribution < -0.4 is 0 Å². The van der Waals surface area contributed by atoms with Gasteiger partial charge in [-0.3, -0.25) is 14.5 Å². The lowest BCUT2D eigenvalue weighted by atomic mass is 10.1. The van der Waals surface area contributed by atoms with E-state index in [1.165, 1.54) is 0 Å². The summed E-state index contributed by atoms with van der Waals surface area (Å²) >= 11 is 0. The topological polar surface area (TPSA) is 59.7 Å². The molecule has 1 fully saturated rings. The fourth-order valence-electron chi connectivity index (χ4n) is 3.92. The van der Waals surface area contributed by atoms with E-state index in [1.807, 2.05) is 40.1 Å². The average molecular weight is 399 g/mol. The molecule has 1 N–H and O–H groups in total. The number of nitrogens with one attached hydrogen (secondary N) is 1. The van der Waals surface area contributed by atoms with E-state index in [1.54, 1.807) is 0 Å². The highest BCUT2D eigenvalue weighted by molar-refractivity contribution is 5.98. The van der Waals surface area contributed by atoms with Gasteiger partial charge in [-0.25, -0.2) is 0 Å². The number of H-pyrrole nitrogens is 1. The second kappa shape index (κ2) is 9.44. The molecular formula is C23H34N4O2. The standard InChI is InChI=1S/C23H34N4O2/c1-17(2)14-27(15-18(3)4)22(28)16-25-9-11-26(12-10-25)23(29)21-13-19-7-5-6-8-20(19)24-21/h5-8,13,17-18,24H,9-12,14-16H2,1-4H3. The van der Waals surface area contributed by atoms with Gasteiger partial charge in [-0.1, -0.05) is 45.9 Å². The van der Waals surface area contributed by atoms with Crippen LogP contribution in [0.15, 0.2) is 30.3 Å². The van der Waals surface area contributed by atoms with Crippen LogP contribution in [0.4, 0.5) is 0 Å². The zero-order valence-electron chi connectivity index (χ0n) is 18.1. The summed E-state index contributed by atoms with van der Waals surface area (Å²) in [4.78, 5) is 34.9. The van der Waals surface area contributed by atoms with E-state index in [4.69, 9.17) is 0 Å². The molecule has 1 aromatic carbocycles. The molecular weight excluding hydrogens is 364 g/mol. The van der Waals surface area contributed by atoms with Crippen LogP contribution in [0, 0.1) is 11.8 Å². The van der Waals surface area contributed by atoms with Crippen molar-refractivity contribution in [2.75, 3.05) is 45.8 Å². The summed E-state index contributed by atoms with van der Waals surface area (Å²) in [5.74, 6) is 1.16. The van der Waals surface area contributed by atoms with Crippen LogP contribution in [0.25, 0.3) is 10.9 Å². The zero-order valence-corrected chi connectivity index (χ0v) is 18.1. The predicted octanol–water partition coefficient (Wildman–Crippen LogP) is 3.07. The summed E-state index contributed by atoms with van der Waals surface area (Å²) in [5, 5.41) is 1.05. The Morgan fingerprint density at radius 1 is 1.00 bits per heavy atom. The number of carbonyl (C=O) groups excluding carboxylic acids is 2. The van der Waals surface area contributed by atoms with Gasteiger partial charge in [-0.15, -0.1) is 0 Å². The van der Waals surface area contributed by atoms with Crippen molar-refractivity contribution in [3.05, 3.63) is 36.0 Å². The van der Waals surface area contributed by atoms with Gasteiger partial charge >= 0.3 is 0 Å². The number of carbonyl (C=O) groups is 2. The molecule has 2 heterocycles. The molecule has 2 amide bonds. The van der Waals surface area contributed by atoms with Crippen molar-refractivity contribution in [2.24, 2.45) is 11.8 Å². The highest BCUT2D eigenvalue weighted by Crippen LogP contribution is 2.17. The second-order valence-corrected chi connectivity index (χ2v) is 8.93. The van der Waals surface area contributed by atoms with Crippen LogP contribution in [0.3, 0.4) is 0 Å². The lowest BCUT2D eigenvalue weighted by Gasteiger charge is -2.35. The number of rotatable bonds is 7. The Morgan fingerprint density at radius 3 is 2.21 bits per heavy atom. The van der Waals surface area contributed by atoms with Gasteiger partial charge in [0.15, 0.2) is 0 Å². The fourth-order valence-corrected chi connectivity index (χ4v) is 3.92. The number of para-hydroxylation sites is 1. The first-order valence-electron chi connectivity index (χ1n) is 10.7. The van der Waals surface area contributed by atoms with Crippen LogP contribution in [0.5, 0.6) is 0 Å². The van der Waals surface area contributed by atoms with E-state index < -0.39 is 0 Å². The highest BCUT2D eigenvalue weighted by atomic mass is 16.2. The third-order valence-corrected chi connectivity index (χ3v) is 5.30. The molecule has 0 atom stereocenters. The maximum Gasteiger partial charge on any atom is 0.270 e. The number of aromatic nitrogens is 1. The minimum Gasteiger partial charge on any atom is -0.351 e. The lowest BCUT2D eigenvalue weighted by Crippen LogP contribution is -2.52. The van der Waals surface area contributed by atoms with Crippen LogP contribution in [0.1, 0.15) is 38.2 Å². The lowest BCUT2D eigenvalue weighted by molar-refractivity contribution is -0.133. The Bertz CT molecular complexity index is 791. The van der Waals surface area contributed by atoms with Crippen molar-refractivity contribution >= 4 is 22.7 Å². The molecule has 6 heteroatoms. The SMILES string of the molecule is CC(C)CN(CC(C)C)C(=O)CN1CCN(C(=O)c2cc3ccccc3[nH]2)CC1. The van der Waals surface area contributed by atoms with Crippen LogP contribution >= 0.6 is 0 Å². The maximum atomic E-state index is 12.9. The predicted molar refractivity (Wildman–Crippen MR) is 117 cm³/mol. The number of piperazine rings is 1. The number of benzene rings is 1. The van der Waals surface area contributed by atoms with Gasteiger partial charge in [0.1, 0.15) is 5.69 Å². The molecule has 0 bridgehead atoms. The van der Waals surface area contributed by atoms with Gasteiger partial charge in [0.25, 0.3) is 5.91 Å². The molecule has 0 saturated carbocycles. The van der Waals surface area contributed by atoms with E-state index in [2.05, 4.69) is 37.6 Å². The normalized spacial score (nSPS) is 15.4. The number of hydrogen-bond acceptors (Lipinski definition) is 3. The summed E-state index contributed by atoms with van der Waals surface area (Å²) in [5.41, 5.74) is 1.62. The molecule has 1 aliphatic rings. The van der Waals surface area contributed by atoms with Gasteiger partial charge in [-0.05, 0) is 24.0 Å². The van der Waals surface area contributed by atoms with E-state index >= 15 is 0 Å². The number of amides is 2. The van der Waals surface area contributed by atoms with Crippen molar-refractivity contribution in [3.8, 4) is 0 Å². The summed E-state index contributed by atoms with van der Waals surface area (Å²) in [6, 6.07) is 9.85. The Balaban J connectivity index is 1.54. The number of fused-ring (bicyclic) bond motifs is 1. The Labute approximate surface area is 173 Å². The third-order valence-electron chi connectivity index (χ3n) is 5.30. The van der Waals surface area contributed by atoms with E-state index in [0.29, 0.717) is 37.2 Å². The van der Waals surface area contributed by atoms with Crippen LogP contribution in [0.2, 0.25) is 0 Å². The smallest absolute Gasteiger partial charge is 0.270 e. The van der Waals surface area contributed by atoms with Gasteiger partial charge in [0, 0.05) is 50.2 Å². The quantitative estimate of drug-likeness (QED) is 0.780. The molecule has 1 aliphatic heterocycles. The average Bonchev–Trinajstić information content (AvgIpc) is 3.11. The summed E-state index contributed by atoms with van der Waals surface area (Å²) < 4.78 is 0. The van der Waals surface area contributed by atoms with Gasteiger partial charge in [0.2, 0.25) is 5.91 Å². The van der Waals surface area contributed by atoms with E-state index in [-0.39, 0.29) is 11.8 Å². The maximum absolute atomic E-state index is 12.9. The first kappa shape index (κ1) is 21.4. The Kier molecular flexibility index (Phi) is 6.96. The first-order chi connectivity index (χ1) is 13.8. The van der Waals surface area contributed by atoms with Crippen molar-refractivity contribution in [2.45, 2.75) is 27.7 Å². The fraction of sp³-hybridized carbons (Fsp3) is 0.565. The van der Waals surface area contributed by atoms with E-state index in [0.717, 1.165) is 37.1 Å². The molecule has 158 valence electrons. The molecule has 0 unspecified atom stereocenters. The van der Waals surface area contributed by atoms with E-state index in [9.17, 15) is 9.59 Å². The molecule has 0 aliphatic carbocycles. The minimum atomic E-state index is 0.0356. The molecule has 29 heavy (non-hydrogen) atoms. The minimum absolute atomic E-state index is 0.0356. The summed E-state index contributed by atoms with van der Waals surface area (Å²) in [6.07, 6.45) is 0. The molecule has 3 rings (SSSR count). The molecule has 1 saturated heterocycles. The molecule has 1 aromatic heterocycles. The monoisotopic (exact) mass is 398 g/mol. The van der Waals surface area contributed by atoms with Gasteiger partial charge < -0.3 is 14.8 Å². The number of aromatic amines is 1. The Hall–Kier alpha value is -2.34. The first-order valence-corrected chi connectivity index (χ1v) is 10.7. The zero-order chi connectivity index (χ0) is 21.0.